The van der Waals surface area contributed by atoms with Crippen LogP contribution in [0, 0.1) is 17.8 Å². The van der Waals surface area contributed by atoms with E-state index in [-0.39, 0.29) is 5.78 Å². The number of nitrogens with one attached hydrogen (secondary N) is 1. The summed E-state index contributed by atoms with van der Waals surface area (Å²) in [6, 6.07) is 0.423. The van der Waals surface area contributed by atoms with E-state index in [1.165, 1.54) is 18.0 Å². The number of aromatic nitrogens is 1. The fraction of sp³-hybridized carbons (Fsp3) is 0.750. The zero-order valence-electron chi connectivity index (χ0n) is 13.5. The third-order valence-electron chi connectivity index (χ3n) is 4.11. The van der Waals surface area contributed by atoms with Gasteiger partial charge in [-0.05, 0) is 55.5 Å². The van der Waals surface area contributed by atoms with E-state index in [2.05, 4.69) is 37.4 Å². The predicted octanol–water partition coefficient (Wildman–Crippen LogP) is 4.67. The minimum atomic E-state index is 0.105. The van der Waals surface area contributed by atoms with E-state index < -0.39 is 0 Å². The second-order valence-corrected chi connectivity index (χ2v) is 8.56. The van der Waals surface area contributed by atoms with Gasteiger partial charge < -0.3 is 5.32 Å². The predicted molar refractivity (Wildman–Crippen MR) is 85.7 cm³/mol. The smallest absolute Gasteiger partial charge is 0.164 e. The zero-order chi connectivity index (χ0) is 15.1. The maximum Gasteiger partial charge on any atom is 0.164 e. The van der Waals surface area contributed by atoms with Gasteiger partial charge >= 0.3 is 0 Å². The third-order valence-corrected chi connectivity index (χ3v) is 4.97. The standard InChI is InChI=1S/C16H26N2OS/c1-10-13(11(2)19)14(20-18-10)17-12-7-15(3,4)9-16(5,6)8-12/h12,17H,7-9H2,1-6H3. The summed E-state index contributed by atoms with van der Waals surface area (Å²) in [5.41, 5.74) is 2.31. The van der Waals surface area contributed by atoms with Crippen molar-refractivity contribution in [3.63, 3.8) is 0 Å². The zero-order valence-corrected chi connectivity index (χ0v) is 14.3. The summed E-state index contributed by atoms with van der Waals surface area (Å²) in [6.07, 6.45) is 3.54. The summed E-state index contributed by atoms with van der Waals surface area (Å²) >= 11 is 1.42. The molecule has 0 atom stereocenters. The monoisotopic (exact) mass is 294 g/mol. The van der Waals surface area contributed by atoms with Gasteiger partial charge in [0.25, 0.3) is 0 Å². The molecule has 0 aromatic carbocycles. The first-order valence-corrected chi connectivity index (χ1v) is 8.11. The Hall–Kier alpha value is -0.900. The van der Waals surface area contributed by atoms with Gasteiger partial charge in [0.1, 0.15) is 5.00 Å². The maximum absolute atomic E-state index is 11.8. The highest BCUT2D eigenvalue weighted by molar-refractivity contribution is 7.10. The molecule has 2 rings (SSSR count). The van der Waals surface area contributed by atoms with Crippen LogP contribution in [0.4, 0.5) is 5.00 Å². The second-order valence-electron chi connectivity index (χ2n) is 7.78. The minimum absolute atomic E-state index is 0.105. The highest BCUT2D eigenvalue weighted by Gasteiger charge is 2.38. The first-order chi connectivity index (χ1) is 9.10. The van der Waals surface area contributed by atoms with Crippen molar-refractivity contribution in [2.45, 2.75) is 66.8 Å². The van der Waals surface area contributed by atoms with Crippen LogP contribution in [-0.2, 0) is 0 Å². The van der Waals surface area contributed by atoms with Crippen LogP contribution in [-0.4, -0.2) is 16.2 Å². The van der Waals surface area contributed by atoms with E-state index in [4.69, 9.17) is 0 Å². The van der Waals surface area contributed by atoms with E-state index in [9.17, 15) is 4.79 Å². The Morgan fingerprint density at radius 2 is 1.80 bits per heavy atom. The van der Waals surface area contributed by atoms with Gasteiger partial charge in [0.2, 0.25) is 0 Å². The fourth-order valence-corrected chi connectivity index (χ4v) is 4.94. The van der Waals surface area contributed by atoms with Gasteiger partial charge in [-0.2, -0.15) is 4.37 Å². The van der Waals surface area contributed by atoms with Crippen molar-refractivity contribution < 1.29 is 4.79 Å². The highest BCUT2D eigenvalue weighted by atomic mass is 32.1. The van der Waals surface area contributed by atoms with Crippen LogP contribution in [0.2, 0.25) is 0 Å². The van der Waals surface area contributed by atoms with Gasteiger partial charge in [0.05, 0.1) is 11.3 Å². The molecular formula is C16H26N2OS. The lowest BCUT2D eigenvalue weighted by Crippen LogP contribution is -2.40. The molecule has 112 valence electrons. The Morgan fingerprint density at radius 1 is 1.25 bits per heavy atom. The number of aryl methyl sites for hydroxylation is 1. The lowest BCUT2D eigenvalue weighted by atomic mass is 9.63. The number of nitrogens with zero attached hydrogens (tertiary/aromatic N) is 1. The molecule has 1 N–H and O–H groups in total. The second kappa shape index (κ2) is 5.14. The number of carbonyl (C=O) groups excluding carboxylic acids is 1. The molecular weight excluding hydrogens is 268 g/mol. The van der Waals surface area contributed by atoms with Crippen molar-refractivity contribution in [3.8, 4) is 0 Å². The minimum Gasteiger partial charge on any atom is -0.372 e. The largest absolute Gasteiger partial charge is 0.372 e. The average Bonchev–Trinajstić information content (AvgIpc) is 2.54. The average molecular weight is 294 g/mol. The molecule has 0 radical (unpaired) electrons. The molecule has 1 heterocycles. The Balaban J connectivity index is 2.20. The molecule has 1 aromatic heterocycles. The van der Waals surface area contributed by atoms with E-state index in [1.54, 1.807) is 6.92 Å². The van der Waals surface area contributed by atoms with Crippen LogP contribution in [0.3, 0.4) is 0 Å². The van der Waals surface area contributed by atoms with Crippen LogP contribution >= 0.6 is 11.5 Å². The van der Waals surface area contributed by atoms with Gasteiger partial charge in [-0.1, -0.05) is 27.7 Å². The van der Waals surface area contributed by atoms with Gasteiger partial charge in [0, 0.05) is 6.04 Å². The number of anilines is 1. The maximum atomic E-state index is 11.8. The van der Waals surface area contributed by atoms with Crippen molar-refractivity contribution in [1.29, 1.82) is 0 Å². The van der Waals surface area contributed by atoms with Crippen molar-refractivity contribution in [2.75, 3.05) is 5.32 Å². The number of carbonyl (C=O) groups is 1. The normalized spacial score (nSPS) is 21.7. The quantitative estimate of drug-likeness (QED) is 0.824. The third kappa shape index (κ3) is 3.40. The first-order valence-electron chi connectivity index (χ1n) is 7.33. The van der Waals surface area contributed by atoms with Gasteiger partial charge in [0.15, 0.2) is 5.78 Å². The summed E-state index contributed by atoms with van der Waals surface area (Å²) in [6.45, 7) is 12.9. The Labute approximate surface area is 126 Å². The number of Topliss-reactive ketones (excluding diaryl/α,β-unsaturated/α-hetero) is 1. The molecule has 0 amide bonds. The fourth-order valence-electron chi connectivity index (χ4n) is 4.02. The van der Waals surface area contributed by atoms with Crippen LogP contribution < -0.4 is 5.32 Å². The lowest BCUT2D eigenvalue weighted by Gasteiger charge is -2.45. The molecule has 1 fully saturated rings. The van der Waals surface area contributed by atoms with Gasteiger partial charge in [-0.3, -0.25) is 4.79 Å². The van der Waals surface area contributed by atoms with E-state index >= 15 is 0 Å². The topological polar surface area (TPSA) is 42.0 Å². The Kier molecular flexibility index (Phi) is 3.98. The van der Waals surface area contributed by atoms with E-state index in [1.807, 2.05) is 6.92 Å². The summed E-state index contributed by atoms with van der Waals surface area (Å²) in [5, 5.41) is 4.55. The molecule has 20 heavy (non-hydrogen) atoms. The molecule has 1 aliphatic rings. The summed E-state index contributed by atoms with van der Waals surface area (Å²) in [5.74, 6) is 0.105. The molecule has 0 saturated heterocycles. The van der Waals surface area contributed by atoms with Crippen LogP contribution in [0.5, 0.6) is 0 Å². The molecule has 1 aromatic rings. The van der Waals surface area contributed by atoms with Crippen LogP contribution in [0.1, 0.15) is 69.9 Å². The Bertz CT molecular complexity index is 501. The molecule has 1 aliphatic carbocycles. The molecule has 0 aliphatic heterocycles. The molecule has 1 saturated carbocycles. The van der Waals surface area contributed by atoms with Crippen LogP contribution in [0.15, 0.2) is 0 Å². The summed E-state index contributed by atoms with van der Waals surface area (Å²) < 4.78 is 4.33. The van der Waals surface area contributed by atoms with Gasteiger partial charge in [-0.15, -0.1) is 0 Å². The lowest BCUT2D eigenvalue weighted by molar-refractivity contribution is 0.101. The number of ketones is 1. The molecule has 0 bridgehead atoms. The summed E-state index contributed by atoms with van der Waals surface area (Å²) in [7, 11) is 0. The number of rotatable bonds is 3. The number of hydrogen-bond donors (Lipinski definition) is 1. The van der Waals surface area contributed by atoms with E-state index in [0.29, 0.717) is 16.9 Å². The SMILES string of the molecule is CC(=O)c1c(C)nsc1NC1CC(C)(C)CC(C)(C)C1. The van der Waals surface area contributed by atoms with Crippen molar-refractivity contribution in [1.82, 2.24) is 4.37 Å². The van der Waals surface area contributed by atoms with Gasteiger partial charge in [-0.25, -0.2) is 0 Å². The number of hydrogen-bond acceptors (Lipinski definition) is 4. The first kappa shape index (κ1) is 15.5. The van der Waals surface area contributed by atoms with Crippen molar-refractivity contribution in [3.05, 3.63) is 11.3 Å². The Morgan fingerprint density at radius 3 is 2.30 bits per heavy atom. The molecule has 3 nitrogen and oxygen atoms in total. The molecule has 0 unspecified atom stereocenters. The summed E-state index contributed by atoms with van der Waals surface area (Å²) in [4.78, 5) is 11.8. The van der Waals surface area contributed by atoms with Crippen molar-refractivity contribution in [2.24, 2.45) is 10.8 Å². The van der Waals surface area contributed by atoms with E-state index in [0.717, 1.165) is 29.1 Å². The molecule has 4 heteroatoms. The highest BCUT2D eigenvalue weighted by Crippen LogP contribution is 2.46. The molecule has 0 spiro atoms. The van der Waals surface area contributed by atoms with Crippen molar-refractivity contribution >= 4 is 22.3 Å². The van der Waals surface area contributed by atoms with Crippen LogP contribution in [0.25, 0.3) is 0 Å².